The second kappa shape index (κ2) is 5.38. The Morgan fingerprint density at radius 3 is 2.95 bits per heavy atom. The molecule has 20 heavy (non-hydrogen) atoms. The Kier molecular flexibility index (Phi) is 3.58. The van der Waals surface area contributed by atoms with Crippen LogP contribution in [0, 0.1) is 0 Å². The van der Waals surface area contributed by atoms with Crippen molar-refractivity contribution in [3.05, 3.63) is 46.7 Å². The van der Waals surface area contributed by atoms with E-state index in [1.807, 2.05) is 24.3 Å². The summed E-state index contributed by atoms with van der Waals surface area (Å²) in [7, 11) is 0. The summed E-state index contributed by atoms with van der Waals surface area (Å²) in [6, 6.07) is 9.61. The van der Waals surface area contributed by atoms with Gasteiger partial charge in [-0.1, -0.05) is 22.0 Å². The third kappa shape index (κ3) is 2.62. The Hall–Kier alpha value is -1.66. The maximum Gasteiger partial charge on any atom is 0.274 e. The normalized spacial score (nSPS) is 18.5. The number of carbonyl (C=O) groups excluding carboxylic acids is 1. The largest absolute Gasteiger partial charge is 0.336 e. The molecule has 1 aromatic heterocycles. The van der Waals surface area contributed by atoms with Crippen LogP contribution in [0.3, 0.4) is 0 Å². The molecule has 1 amide bonds. The van der Waals surface area contributed by atoms with Crippen LogP contribution in [-0.2, 0) is 0 Å². The number of rotatable bonds is 2. The highest BCUT2D eigenvalue weighted by molar-refractivity contribution is 9.10. The molecule has 0 aliphatic carbocycles. The van der Waals surface area contributed by atoms with Gasteiger partial charge in [0.2, 0.25) is 0 Å². The minimum Gasteiger partial charge on any atom is -0.336 e. The van der Waals surface area contributed by atoms with E-state index in [4.69, 9.17) is 5.73 Å². The van der Waals surface area contributed by atoms with Crippen molar-refractivity contribution in [2.45, 2.75) is 12.5 Å². The highest BCUT2D eigenvalue weighted by Crippen LogP contribution is 2.16. The van der Waals surface area contributed by atoms with Crippen LogP contribution in [0.25, 0.3) is 5.69 Å². The number of hydrogen-bond donors (Lipinski definition) is 1. The zero-order valence-corrected chi connectivity index (χ0v) is 12.5. The van der Waals surface area contributed by atoms with Crippen LogP contribution in [0.5, 0.6) is 0 Å². The van der Waals surface area contributed by atoms with Gasteiger partial charge >= 0.3 is 0 Å². The van der Waals surface area contributed by atoms with Gasteiger partial charge < -0.3 is 10.6 Å². The molecular weight excluding hydrogens is 320 g/mol. The maximum absolute atomic E-state index is 12.3. The summed E-state index contributed by atoms with van der Waals surface area (Å²) in [5.41, 5.74) is 7.20. The average molecular weight is 335 g/mol. The highest BCUT2D eigenvalue weighted by Gasteiger charge is 2.25. The van der Waals surface area contributed by atoms with E-state index >= 15 is 0 Å². The molecule has 0 saturated carbocycles. The molecule has 2 heterocycles. The number of amides is 1. The molecule has 1 aromatic carbocycles. The number of likely N-dealkylation sites (tertiary alicyclic amines) is 1. The number of nitrogens with zero attached hydrogens (tertiary/aromatic N) is 3. The Morgan fingerprint density at radius 1 is 1.40 bits per heavy atom. The third-order valence-corrected chi connectivity index (χ3v) is 3.89. The first-order valence-corrected chi connectivity index (χ1v) is 7.29. The molecule has 3 rings (SSSR count). The average Bonchev–Trinajstić information content (AvgIpc) is 3.07. The van der Waals surface area contributed by atoms with E-state index in [1.54, 1.807) is 21.8 Å². The smallest absolute Gasteiger partial charge is 0.274 e. The second-order valence-electron chi connectivity index (χ2n) is 4.93. The maximum atomic E-state index is 12.3. The van der Waals surface area contributed by atoms with E-state index in [1.165, 1.54) is 0 Å². The Morgan fingerprint density at radius 2 is 2.25 bits per heavy atom. The molecule has 1 aliphatic rings. The monoisotopic (exact) mass is 334 g/mol. The number of nitrogens with two attached hydrogens (primary N) is 1. The second-order valence-corrected chi connectivity index (χ2v) is 5.84. The molecule has 0 radical (unpaired) electrons. The summed E-state index contributed by atoms with van der Waals surface area (Å²) in [5, 5.41) is 4.35. The van der Waals surface area contributed by atoms with Crippen LogP contribution >= 0.6 is 15.9 Å². The summed E-state index contributed by atoms with van der Waals surface area (Å²) in [6.45, 7) is 1.33. The van der Waals surface area contributed by atoms with Crippen molar-refractivity contribution in [2.75, 3.05) is 13.1 Å². The molecule has 104 valence electrons. The third-order valence-electron chi connectivity index (χ3n) is 3.39. The van der Waals surface area contributed by atoms with E-state index in [0.29, 0.717) is 18.8 Å². The van der Waals surface area contributed by atoms with Crippen molar-refractivity contribution >= 4 is 21.8 Å². The van der Waals surface area contributed by atoms with Gasteiger partial charge in [0.25, 0.3) is 5.91 Å². The van der Waals surface area contributed by atoms with E-state index in [9.17, 15) is 4.79 Å². The molecule has 1 atom stereocenters. The van der Waals surface area contributed by atoms with Crippen molar-refractivity contribution in [3.63, 3.8) is 0 Å². The summed E-state index contributed by atoms with van der Waals surface area (Å²) in [6.07, 6.45) is 2.66. The van der Waals surface area contributed by atoms with Crippen LogP contribution in [-0.4, -0.2) is 39.7 Å². The predicted octanol–water partition coefficient (Wildman–Crippen LogP) is 1.81. The van der Waals surface area contributed by atoms with Crippen molar-refractivity contribution in [1.82, 2.24) is 14.7 Å². The quantitative estimate of drug-likeness (QED) is 0.910. The molecule has 1 unspecified atom stereocenters. The molecule has 2 N–H and O–H groups in total. The van der Waals surface area contributed by atoms with E-state index in [2.05, 4.69) is 21.0 Å². The van der Waals surface area contributed by atoms with Gasteiger partial charge in [0, 0.05) is 29.8 Å². The lowest BCUT2D eigenvalue weighted by Gasteiger charge is -2.13. The number of halogens is 1. The first kappa shape index (κ1) is 13.3. The van der Waals surface area contributed by atoms with Crippen molar-refractivity contribution in [3.8, 4) is 5.69 Å². The molecule has 2 aromatic rings. The fraction of sp³-hybridized carbons (Fsp3) is 0.286. The minimum absolute atomic E-state index is 0.0494. The molecular formula is C14H15BrN4O. The van der Waals surface area contributed by atoms with Gasteiger partial charge in [-0.2, -0.15) is 5.10 Å². The van der Waals surface area contributed by atoms with Crippen LogP contribution in [0.15, 0.2) is 41.0 Å². The van der Waals surface area contributed by atoms with E-state index in [0.717, 1.165) is 16.6 Å². The topological polar surface area (TPSA) is 64.2 Å². The summed E-state index contributed by atoms with van der Waals surface area (Å²) in [5.74, 6) is -0.0494. The lowest BCUT2D eigenvalue weighted by atomic mass is 10.3. The van der Waals surface area contributed by atoms with Crippen LogP contribution in [0.2, 0.25) is 0 Å². The zero-order chi connectivity index (χ0) is 14.1. The molecule has 1 aliphatic heterocycles. The molecule has 1 saturated heterocycles. The Bertz CT molecular complexity index is 640. The summed E-state index contributed by atoms with van der Waals surface area (Å²) in [4.78, 5) is 14.1. The number of benzene rings is 1. The highest BCUT2D eigenvalue weighted by atomic mass is 79.9. The first-order valence-electron chi connectivity index (χ1n) is 6.50. The summed E-state index contributed by atoms with van der Waals surface area (Å²) >= 11 is 3.43. The van der Waals surface area contributed by atoms with Gasteiger partial charge in [-0.25, -0.2) is 4.68 Å². The van der Waals surface area contributed by atoms with Gasteiger partial charge in [0.05, 0.1) is 5.69 Å². The van der Waals surface area contributed by atoms with Gasteiger partial charge in [-0.15, -0.1) is 0 Å². The predicted molar refractivity (Wildman–Crippen MR) is 79.8 cm³/mol. The van der Waals surface area contributed by atoms with Crippen molar-refractivity contribution in [1.29, 1.82) is 0 Å². The molecule has 0 bridgehead atoms. The van der Waals surface area contributed by atoms with Gasteiger partial charge in [0.15, 0.2) is 5.69 Å². The van der Waals surface area contributed by atoms with E-state index in [-0.39, 0.29) is 11.9 Å². The van der Waals surface area contributed by atoms with E-state index < -0.39 is 0 Å². The lowest BCUT2D eigenvalue weighted by molar-refractivity contribution is 0.0784. The van der Waals surface area contributed by atoms with Gasteiger partial charge in [0.1, 0.15) is 0 Å². The standard InChI is InChI=1S/C14H15BrN4O/c15-10-2-1-3-12(8-10)19-7-5-13(17-19)14(20)18-6-4-11(16)9-18/h1-3,5,7-8,11H,4,6,9,16H2. The zero-order valence-electron chi connectivity index (χ0n) is 10.9. The fourth-order valence-corrected chi connectivity index (χ4v) is 2.72. The van der Waals surface area contributed by atoms with Crippen LogP contribution in [0.4, 0.5) is 0 Å². The first-order chi connectivity index (χ1) is 9.63. The lowest BCUT2D eigenvalue weighted by Crippen LogP contribution is -2.32. The number of carbonyl (C=O) groups is 1. The van der Waals surface area contributed by atoms with Crippen molar-refractivity contribution < 1.29 is 4.79 Å². The van der Waals surface area contributed by atoms with Crippen LogP contribution < -0.4 is 5.73 Å². The molecule has 1 fully saturated rings. The molecule has 0 spiro atoms. The Labute approximate surface area is 125 Å². The van der Waals surface area contributed by atoms with Crippen LogP contribution in [0.1, 0.15) is 16.9 Å². The van der Waals surface area contributed by atoms with Gasteiger partial charge in [-0.3, -0.25) is 4.79 Å². The number of aromatic nitrogens is 2. The minimum atomic E-state index is -0.0494. The summed E-state index contributed by atoms with van der Waals surface area (Å²) < 4.78 is 2.68. The molecule has 6 heteroatoms. The van der Waals surface area contributed by atoms with Gasteiger partial charge in [-0.05, 0) is 30.7 Å². The SMILES string of the molecule is NC1CCN(C(=O)c2ccn(-c3cccc(Br)c3)n2)C1. The Balaban J connectivity index is 1.81. The molecule has 5 nitrogen and oxygen atoms in total. The number of hydrogen-bond acceptors (Lipinski definition) is 3. The fourth-order valence-electron chi connectivity index (χ4n) is 2.33. The van der Waals surface area contributed by atoms with Crippen molar-refractivity contribution in [2.24, 2.45) is 5.73 Å².